The van der Waals surface area contributed by atoms with E-state index in [4.69, 9.17) is 11.6 Å². The zero-order valence-electron chi connectivity index (χ0n) is 13.3. The Kier molecular flexibility index (Phi) is 5.28. The molecule has 0 saturated heterocycles. The molecule has 5 heteroatoms. The number of amides is 1. The second kappa shape index (κ2) is 7.60. The lowest BCUT2D eigenvalue weighted by Crippen LogP contribution is -2.12. The summed E-state index contributed by atoms with van der Waals surface area (Å²) in [6.45, 7) is 2.00. The van der Waals surface area contributed by atoms with E-state index in [1.807, 2.05) is 61.5 Å². The number of hydrogen-bond donors (Lipinski definition) is 1. The van der Waals surface area contributed by atoms with Crippen LogP contribution in [0.4, 0.5) is 5.13 Å². The lowest BCUT2D eigenvalue weighted by atomic mass is 10.1. The molecule has 0 bridgehead atoms. The van der Waals surface area contributed by atoms with Crippen LogP contribution in [0.15, 0.2) is 54.6 Å². The van der Waals surface area contributed by atoms with Crippen LogP contribution < -0.4 is 5.32 Å². The van der Waals surface area contributed by atoms with Gasteiger partial charge in [0.25, 0.3) is 0 Å². The van der Waals surface area contributed by atoms with Crippen molar-refractivity contribution in [2.75, 3.05) is 5.32 Å². The third kappa shape index (κ3) is 4.22. The number of nitrogens with zero attached hydrogens (tertiary/aromatic N) is 1. The second-order valence-electron chi connectivity index (χ2n) is 5.46. The summed E-state index contributed by atoms with van der Waals surface area (Å²) >= 11 is 7.41. The maximum absolute atomic E-state index is 12.1. The van der Waals surface area contributed by atoms with Crippen LogP contribution in [0, 0.1) is 6.92 Å². The summed E-state index contributed by atoms with van der Waals surface area (Å²) < 4.78 is 0. The maximum Gasteiger partial charge on any atom is 0.226 e. The number of aromatic nitrogens is 1. The fraction of sp³-hybridized carbons (Fsp3) is 0.158. The van der Waals surface area contributed by atoms with E-state index >= 15 is 0 Å². The van der Waals surface area contributed by atoms with Crippen molar-refractivity contribution < 1.29 is 4.79 Å². The fourth-order valence-corrected chi connectivity index (χ4v) is 3.39. The molecule has 2 aromatic carbocycles. The van der Waals surface area contributed by atoms with Gasteiger partial charge in [0, 0.05) is 21.9 Å². The van der Waals surface area contributed by atoms with Crippen molar-refractivity contribution in [3.8, 4) is 11.3 Å². The van der Waals surface area contributed by atoms with Gasteiger partial charge in [0.05, 0.1) is 5.69 Å². The molecule has 0 aliphatic heterocycles. The molecule has 3 rings (SSSR count). The number of aryl methyl sites for hydroxylation is 2. The minimum Gasteiger partial charge on any atom is -0.302 e. The molecule has 3 nitrogen and oxygen atoms in total. The average molecular weight is 357 g/mol. The van der Waals surface area contributed by atoms with Gasteiger partial charge in [-0.1, -0.05) is 54.1 Å². The topological polar surface area (TPSA) is 42.0 Å². The first-order chi connectivity index (χ1) is 11.6. The van der Waals surface area contributed by atoms with Crippen LogP contribution in [-0.4, -0.2) is 10.9 Å². The smallest absolute Gasteiger partial charge is 0.226 e. The van der Waals surface area contributed by atoms with Crippen molar-refractivity contribution in [2.24, 2.45) is 0 Å². The molecule has 24 heavy (non-hydrogen) atoms. The zero-order valence-corrected chi connectivity index (χ0v) is 14.8. The first-order valence-electron chi connectivity index (χ1n) is 7.69. The lowest BCUT2D eigenvalue weighted by molar-refractivity contribution is -0.116. The molecule has 1 N–H and O–H groups in total. The predicted octanol–water partition coefficient (Wildman–Crippen LogP) is 5.34. The second-order valence-corrected chi connectivity index (χ2v) is 7.10. The van der Waals surface area contributed by atoms with E-state index in [1.165, 1.54) is 11.3 Å². The van der Waals surface area contributed by atoms with Crippen LogP contribution in [0.3, 0.4) is 0 Å². The molecule has 0 saturated carbocycles. The number of rotatable bonds is 5. The molecule has 0 aliphatic rings. The Morgan fingerprint density at radius 1 is 1.12 bits per heavy atom. The van der Waals surface area contributed by atoms with Gasteiger partial charge in [-0.25, -0.2) is 4.98 Å². The van der Waals surface area contributed by atoms with Crippen LogP contribution in [-0.2, 0) is 11.2 Å². The van der Waals surface area contributed by atoms with Crippen LogP contribution >= 0.6 is 22.9 Å². The van der Waals surface area contributed by atoms with E-state index in [-0.39, 0.29) is 5.91 Å². The Labute approximate surface area is 150 Å². The lowest BCUT2D eigenvalue weighted by Gasteiger charge is -2.02. The van der Waals surface area contributed by atoms with Gasteiger partial charge in [-0.05, 0) is 31.0 Å². The van der Waals surface area contributed by atoms with Gasteiger partial charge in [0.2, 0.25) is 5.91 Å². The van der Waals surface area contributed by atoms with Crippen molar-refractivity contribution in [1.29, 1.82) is 0 Å². The molecule has 122 valence electrons. The van der Waals surface area contributed by atoms with Crippen LogP contribution in [0.2, 0.25) is 5.02 Å². The van der Waals surface area contributed by atoms with E-state index in [0.29, 0.717) is 16.6 Å². The molecule has 0 unspecified atom stereocenters. The highest BCUT2D eigenvalue weighted by atomic mass is 35.5. The van der Waals surface area contributed by atoms with Gasteiger partial charge in [-0.3, -0.25) is 4.79 Å². The van der Waals surface area contributed by atoms with Gasteiger partial charge in [0.1, 0.15) is 0 Å². The van der Waals surface area contributed by atoms with Crippen molar-refractivity contribution in [3.05, 3.63) is 70.1 Å². The molecule has 0 atom stereocenters. The van der Waals surface area contributed by atoms with E-state index in [2.05, 4.69) is 10.3 Å². The highest BCUT2D eigenvalue weighted by Crippen LogP contribution is 2.31. The normalized spacial score (nSPS) is 10.6. The summed E-state index contributed by atoms with van der Waals surface area (Å²) in [6, 6.07) is 17.5. The van der Waals surface area contributed by atoms with E-state index in [9.17, 15) is 4.79 Å². The fourth-order valence-electron chi connectivity index (χ4n) is 2.41. The first kappa shape index (κ1) is 16.7. The highest BCUT2D eigenvalue weighted by Gasteiger charge is 2.12. The van der Waals surface area contributed by atoms with Gasteiger partial charge in [0.15, 0.2) is 5.13 Å². The molecule has 1 amide bonds. The monoisotopic (exact) mass is 356 g/mol. The number of carbonyl (C=O) groups is 1. The molecular weight excluding hydrogens is 340 g/mol. The number of anilines is 1. The van der Waals surface area contributed by atoms with Crippen LogP contribution in [0.25, 0.3) is 11.3 Å². The average Bonchev–Trinajstić information content (AvgIpc) is 2.95. The summed E-state index contributed by atoms with van der Waals surface area (Å²) in [5.41, 5.74) is 3.04. The van der Waals surface area contributed by atoms with E-state index in [0.717, 1.165) is 28.1 Å². The van der Waals surface area contributed by atoms with Gasteiger partial charge < -0.3 is 5.32 Å². The largest absolute Gasteiger partial charge is 0.302 e. The predicted molar refractivity (Wildman–Crippen MR) is 101 cm³/mol. The number of carbonyl (C=O) groups excluding carboxylic acids is 1. The van der Waals surface area contributed by atoms with Crippen molar-refractivity contribution in [3.63, 3.8) is 0 Å². The van der Waals surface area contributed by atoms with Gasteiger partial charge in [-0.15, -0.1) is 11.3 Å². The van der Waals surface area contributed by atoms with Gasteiger partial charge in [-0.2, -0.15) is 0 Å². The summed E-state index contributed by atoms with van der Waals surface area (Å²) in [5, 5.41) is 4.23. The number of hydrogen-bond acceptors (Lipinski definition) is 3. The molecule has 1 aromatic heterocycles. The molecule has 0 fully saturated rings. The maximum atomic E-state index is 12.1. The number of thiazole rings is 1. The quantitative estimate of drug-likeness (QED) is 0.670. The number of nitrogens with one attached hydrogen (secondary N) is 1. The van der Waals surface area contributed by atoms with Crippen molar-refractivity contribution in [1.82, 2.24) is 4.98 Å². The summed E-state index contributed by atoms with van der Waals surface area (Å²) in [5.74, 6) is -0.0183. The van der Waals surface area contributed by atoms with Crippen molar-refractivity contribution >= 4 is 34.0 Å². The van der Waals surface area contributed by atoms with E-state index < -0.39 is 0 Å². The Balaban J connectivity index is 1.64. The molecule has 0 aliphatic carbocycles. The third-order valence-electron chi connectivity index (χ3n) is 3.64. The SMILES string of the molecule is Cc1sc(NC(=O)CCc2ccccc2)nc1-c1ccc(Cl)cc1. The molecule has 0 spiro atoms. The number of benzene rings is 2. The zero-order chi connectivity index (χ0) is 16.9. The van der Waals surface area contributed by atoms with Crippen LogP contribution in [0.1, 0.15) is 16.9 Å². The molecule has 0 radical (unpaired) electrons. The van der Waals surface area contributed by atoms with Crippen LogP contribution in [0.5, 0.6) is 0 Å². The highest BCUT2D eigenvalue weighted by molar-refractivity contribution is 7.16. The Morgan fingerprint density at radius 3 is 2.54 bits per heavy atom. The first-order valence-corrected chi connectivity index (χ1v) is 8.88. The minimum absolute atomic E-state index is 0.0183. The minimum atomic E-state index is -0.0183. The van der Waals surface area contributed by atoms with E-state index in [1.54, 1.807) is 0 Å². The summed E-state index contributed by atoms with van der Waals surface area (Å²) in [7, 11) is 0. The molecule has 1 heterocycles. The Hall–Kier alpha value is -2.17. The standard InChI is InChI=1S/C19H17ClN2OS/c1-13-18(15-8-10-16(20)11-9-15)22-19(24-13)21-17(23)12-7-14-5-3-2-4-6-14/h2-6,8-11H,7,12H2,1H3,(H,21,22,23). The molecular formula is C19H17ClN2OS. The summed E-state index contributed by atoms with van der Waals surface area (Å²) in [4.78, 5) is 17.7. The Bertz CT molecular complexity index is 828. The van der Waals surface area contributed by atoms with Gasteiger partial charge >= 0.3 is 0 Å². The van der Waals surface area contributed by atoms with Crippen molar-refractivity contribution in [2.45, 2.75) is 19.8 Å². The molecule has 3 aromatic rings. The Morgan fingerprint density at radius 2 is 1.83 bits per heavy atom. The number of halogens is 1. The third-order valence-corrected chi connectivity index (χ3v) is 4.78. The summed E-state index contributed by atoms with van der Waals surface area (Å²) in [6.07, 6.45) is 1.17.